The number of nitro groups is 1. The highest BCUT2D eigenvalue weighted by Gasteiger charge is 2.10. The molecule has 0 amide bonds. The standard InChI is InChI=1S/C11H17N3O2/c1-4-12-11-6-5-10(14(15)16)7-9(11)8-13(2)3/h5-7,12H,4,8H2,1-3H3. The molecule has 0 unspecified atom stereocenters. The highest BCUT2D eigenvalue weighted by molar-refractivity contribution is 5.56. The van der Waals surface area contributed by atoms with Crippen LogP contribution in [0.2, 0.25) is 0 Å². The molecule has 5 heteroatoms. The minimum atomic E-state index is -0.366. The van der Waals surface area contributed by atoms with Gasteiger partial charge in [0.05, 0.1) is 4.92 Å². The van der Waals surface area contributed by atoms with Gasteiger partial charge in [-0.3, -0.25) is 10.1 Å². The lowest BCUT2D eigenvalue weighted by atomic mass is 10.1. The van der Waals surface area contributed by atoms with Crippen LogP contribution in [0, 0.1) is 10.1 Å². The van der Waals surface area contributed by atoms with Crippen LogP contribution in [0.3, 0.4) is 0 Å². The maximum atomic E-state index is 10.7. The monoisotopic (exact) mass is 223 g/mol. The quantitative estimate of drug-likeness (QED) is 0.613. The maximum absolute atomic E-state index is 10.7. The van der Waals surface area contributed by atoms with Gasteiger partial charge in [0.1, 0.15) is 0 Å². The summed E-state index contributed by atoms with van der Waals surface area (Å²) in [5.41, 5.74) is 2.04. The number of rotatable bonds is 5. The molecule has 0 bridgehead atoms. The van der Waals surface area contributed by atoms with Crippen molar-refractivity contribution in [3.05, 3.63) is 33.9 Å². The van der Waals surface area contributed by atoms with Crippen LogP contribution in [0.4, 0.5) is 11.4 Å². The van der Waals surface area contributed by atoms with E-state index in [9.17, 15) is 10.1 Å². The van der Waals surface area contributed by atoms with E-state index in [1.807, 2.05) is 25.9 Å². The van der Waals surface area contributed by atoms with Crippen molar-refractivity contribution in [1.29, 1.82) is 0 Å². The number of benzene rings is 1. The van der Waals surface area contributed by atoms with Gasteiger partial charge >= 0.3 is 0 Å². The molecular formula is C11H17N3O2. The fourth-order valence-electron chi connectivity index (χ4n) is 1.53. The molecule has 0 aliphatic rings. The molecule has 0 spiro atoms. The Hall–Kier alpha value is -1.62. The van der Waals surface area contributed by atoms with Crippen molar-refractivity contribution >= 4 is 11.4 Å². The molecule has 0 radical (unpaired) electrons. The van der Waals surface area contributed by atoms with E-state index in [1.54, 1.807) is 12.1 Å². The first kappa shape index (κ1) is 12.4. The van der Waals surface area contributed by atoms with E-state index in [1.165, 1.54) is 6.07 Å². The summed E-state index contributed by atoms with van der Waals surface area (Å²) in [5.74, 6) is 0. The van der Waals surface area contributed by atoms with Crippen molar-refractivity contribution in [3.63, 3.8) is 0 Å². The zero-order chi connectivity index (χ0) is 12.1. The molecule has 0 fully saturated rings. The molecule has 88 valence electrons. The van der Waals surface area contributed by atoms with Gasteiger partial charge in [0.15, 0.2) is 0 Å². The van der Waals surface area contributed by atoms with Crippen LogP contribution >= 0.6 is 0 Å². The van der Waals surface area contributed by atoms with Gasteiger partial charge in [-0.05, 0) is 32.6 Å². The average Bonchev–Trinajstić information content (AvgIpc) is 2.19. The van der Waals surface area contributed by atoms with Crippen molar-refractivity contribution in [3.8, 4) is 0 Å². The molecule has 16 heavy (non-hydrogen) atoms. The third-order valence-corrected chi connectivity index (χ3v) is 2.15. The van der Waals surface area contributed by atoms with Crippen molar-refractivity contribution < 1.29 is 4.92 Å². The number of hydrogen-bond donors (Lipinski definition) is 1. The summed E-state index contributed by atoms with van der Waals surface area (Å²) in [4.78, 5) is 12.3. The van der Waals surface area contributed by atoms with Crippen LogP contribution in [0.25, 0.3) is 0 Å². The predicted molar refractivity (Wildman–Crippen MR) is 64.7 cm³/mol. The van der Waals surface area contributed by atoms with Crippen molar-refractivity contribution in [2.75, 3.05) is 26.0 Å². The van der Waals surface area contributed by atoms with E-state index >= 15 is 0 Å². The van der Waals surface area contributed by atoms with Crippen LogP contribution in [-0.4, -0.2) is 30.5 Å². The second kappa shape index (κ2) is 5.46. The summed E-state index contributed by atoms with van der Waals surface area (Å²) in [6, 6.07) is 4.91. The highest BCUT2D eigenvalue weighted by atomic mass is 16.6. The Morgan fingerprint density at radius 2 is 2.12 bits per heavy atom. The molecule has 0 aliphatic carbocycles. The average molecular weight is 223 g/mol. The van der Waals surface area contributed by atoms with E-state index in [0.29, 0.717) is 6.54 Å². The van der Waals surface area contributed by atoms with Crippen LogP contribution < -0.4 is 5.32 Å². The Morgan fingerprint density at radius 1 is 1.44 bits per heavy atom. The fourth-order valence-corrected chi connectivity index (χ4v) is 1.53. The first-order chi connectivity index (χ1) is 7.54. The number of hydrogen-bond acceptors (Lipinski definition) is 4. The summed E-state index contributed by atoms with van der Waals surface area (Å²) >= 11 is 0. The molecule has 0 saturated carbocycles. The lowest BCUT2D eigenvalue weighted by Crippen LogP contribution is -2.13. The number of nitro benzene ring substituents is 1. The molecule has 1 N–H and O–H groups in total. The van der Waals surface area contributed by atoms with Gasteiger partial charge in [0, 0.05) is 30.9 Å². The Morgan fingerprint density at radius 3 is 2.62 bits per heavy atom. The highest BCUT2D eigenvalue weighted by Crippen LogP contribution is 2.22. The predicted octanol–water partition coefficient (Wildman–Crippen LogP) is 2.09. The Balaban J connectivity index is 3.05. The zero-order valence-electron chi connectivity index (χ0n) is 9.86. The molecule has 0 aromatic heterocycles. The largest absolute Gasteiger partial charge is 0.385 e. The lowest BCUT2D eigenvalue weighted by molar-refractivity contribution is -0.384. The number of anilines is 1. The van der Waals surface area contributed by atoms with E-state index in [-0.39, 0.29) is 10.6 Å². The SMILES string of the molecule is CCNc1ccc([N+](=O)[O-])cc1CN(C)C. The van der Waals surface area contributed by atoms with Gasteiger partial charge in [-0.15, -0.1) is 0 Å². The van der Waals surface area contributed by atoms with E-state index < -0.39 is 0 Å². The van der Waals surface area contributed by atoms with Crippen molar-refractivity contribution in [1.82, 2.24) is 4.90 Å². The molecule has 0 atom stereocenters. The molecule has 1 aromatic carbocycles. The summed E-state index contributed by atoms with van der Waals surface area (Å²) in [6.07, 6.45) is 0. The van der Waals surface area contributed by atoms with Crippen LogP contribution in [-0.2, 0) is 6.54 Å². The van der Waals surface area contributed by atoms with E-state index in [4.69, 9.17) is 0 Å². The molecule has 0 saturated heterocycles. The molecular weight excluding hydrogens is 206 g/mol. The van der Waals surface area contributed by atoms with Crippen LogP contribution in [0.1, 0.15) is 12.5 Å². The summed E-state index contributed by atoms with van der Waals surface area (Å²) in [7, 11) is 3.88. The van der Waals surface area contributed by atoms with E-state index in [0.717, 1.165) is 17.8 Å². The van der Waals surface area contributed by atoms with Gasteiger partial charge in [-0.25, -0.2) is 0 Å². The van der Waals surface area contributed by atoms with Gasteiger partial charge in [0.2, 0.25) is 0 Å². The maximum Gasteiger partial charge on any atom is 0.269 e. The molecule has 1 aromatic rings. The Kier molecular flexibility index (Phi) is 4.25. The van der Waals surface area contributed by atoms with Gasteiger partial charge in [-0.2, -0.15) is 0 Å². The normalized spacial score (nSPS) is 10.5. The topological polar surface area (TPSA) is 58.4 Å². The van der Waals surface area contributed by atoms with Crippen LogP contribution in [0.5, 0.6) is 0 Å². The fraction of sp³-hybridized carbons (Fsp3) is 0.455. The number of nitrogens with one attached hydrogen (secondary N) is 1. The second-order valence-electron chi connectivity index (χ2n) is 3.87. The van der Waals surface area contributed by atoms with Crippen LogP contribution in [0.15, 0.2) is 18.2 Å². The molecule has 0 heterocycles. The van der Waals surface area contributed by atoms with Gasteiger partial charge < -0.3 is 10.2 Å². The minimum absolute atomic E-state index is 0.138. The van der Waals surface area contributed by atoms with Crippen molar-refractivity contribution in [2.24, 2.45) is 0 Å². The first-order valence-electron chi connectivity index (χ1n) is 5.20. The number of nitrogens with zero attached hydrogens (tertiary/aromatic N) is 2. The van der Waals surface area contributed by atoms with Gasteiger partial charge in [0.25, 0.3) is 5.69 Å². The summed E-state index contributed by atoms with van der Waals surface area (Å²) < 4.78 is 0. The lowest BCUT2D eigenvalue weighted by Gasteiger charge is -2.14. The smallest absolute Gasteiger partial charge is 0.269 e. The van der Waals surface area contributed by atoms with E-state index in [2.05, 4.69) is 5.32 Å². The summed E-state index contributed by atoms with van der Waals surface area (Å²) in [6.45, 7) is 3.49. The number of non-ortho nitro benzene ring substituents is 1. The summed E-state index contributed by atoms with van der Waals surface area (Å²) in [5, 5.41) is 13.9. The Labute approximate surface area is 95.2 Å². The molecule has 1 rings (SSSR count). The zero-order valence-corrected chi connectivity index (χ0v) is 9.86. The molecule has 0 aliphatic heterocycles. The van der Waals surface area contributed by atoms with Crippen molar-refractivity contribution in [2.45, 2.75) is 13.5 Å². The van der Waals surface area contributed by atoms with Gasteiger partial charge in [-0.1, -0.05) is 0 Å². The third kappa shape index (κ3) is 3.20. The minimum Gasteiger partial charge on any atom is -0.385 e. The second-order valence-corrected chi connectivity index (χ2v) is 3.87. The Bertz CT molecular complexity index is 377. The molecule has 5 nitrogen and oxygen atoms in total. The third-order valence-electron chi connectivity index (χ3n) is 2.15. The first-order valence-corrected chi connectivity index (χ1v) is 5.20.